The first kappa shape index (κ1) is 25.9. The molecule has 0 saturated carbocycles. The fraction of sp³-hybridized carbons (Fsp3) is 0.160. The monoisotopic (exact) mass is 516 g/mol. The Bertz CT molecular complexity index is 1280. The SMILES string of the molecule is C=CCOc1ccc(NC(=O)CN(c2ccc(Cl)cc2)S(=O)(=O)c2ccc(OC)c(OC)c2)cc1. The third-order valence-corrected chi connectivity index (χ3v) is 6.87. The Morgan fingerprint density at radius 1 is 1.00 bits per heavy atom. The highest BCUT2D eigenvalue weighted by Crippen LogP contribution is 2.32. The number of rotatable bonds is 11. The molecule has 0 aliphatic heterocycles. The van der Waals surface area contributed by atoms with Gasteiger partial charge in [0.2, 0.25) is 5.91 Å². The summed E-state index contributed by atoms with van der Waals surface area (Å²) < 4.78 is 44.1. The minimum absolute atomic E-state index is 0.0679. The molecule has 3 aromatic carbocycles. The van der Waals surface area contributed by atoms with E-state index in [-0.39, 0.29) is 16.3 Å². The maximum Gasteiger partial charge on any atom is 0.264 e. The summed E-state index contributed by atoms with van der Waals surface area (Å²) in [6, 6.07) is 17.1. The van der Waals surface area contributed by atoms with Crippen LogP contribution in [-0.2, 0) is 14.8 Å². The zero-order chi connectivity index (χ0) is 25.4. The predicted octanol–water partition coefficient (Wildman–Crippen LogP) is 4.76. The van der Waals surface area contributed by atoms with Crippen molar-refractivity contribution in [1.82, 2.24) is 0 Å². The molecule has 0 spiro atoms. The van der Waals surface area contributed by atoms with Crippen molar-refractivity contribution < 1.29 is 27.4 Å². The van der Waals surface area contributed by atoms with E-state index in [1.807, 2.05) is 0 Å². The number of carbonyl (C=O) groups excluding carboxylic acids is 1. The van der Waals surface area contributed by atoms with Gasteiger partial charge < -0.3 is 19.5 Å². The quantitative estimate of drug-likeness (QED) is 0.369. The third kappa shape index (κ3) is 6.46. The minimum atomic E-state index is -4.16. The number of anilines is 2. The number of ether oxygens (including phenoxy) is 3. The van der Waals surface area contributed by atoms with Gasteiger partial charge in [-0.1, -0.05) is 24.3 Å². The van der Waals surface area contributed by atoms with E-state index in [9.17, 15) is 13.2 Å². The fourth-order valence-electron chi connectivity index (χ4n) is 3.15. The molecule has 0 unspecified atom stereocenters. The van der Waals surface area contributed by atoms with Gasteiger partial charge in [0.1, 0.15) is 18.9 Å². The van der Waals surface area contributed by atoms with Gasteiger partial charge in [-0.2, -0.15) is 0 Å². The number of carbonyl (C=O) groups is 1. The van der Waals surface area contributed by atoms with Gasteiger partial charge in [0, 0.05) is 16.8 Å². The maximum atomic E-state index is 13.6. The molecule has 0 heterocycles. The molecule has 0 fully saturated rings. The number of hydrogen-bond acceptors (Lipinski definition) is 6. The van der Waals surface area contributed by atoms with Gasteiger partial charge in [0.15, 0.2) is 11.5 Å². The lowest BCUT2D eigenvalue weighted by Crippen LogP contribution is -2.38. The van der Waals surface area contributed by atoms with Crippen LogP contribution >= 0.6 is 11.6 Å². The number of sulfonamides is 1. The summed E-state index contributed by atoms with van der Waals surface area (Å²) in [5.74, 6) is 0.695. The van der Waals surface area contributed by atoms with Crippen LogP contribution in [-0.4, -0.2) is 41.7 Å². The molecule has 1 N–H and O–H groups in total. The topological polar surface area (TPSA) is 94.2 Å². The predicted molar refractivity (Wildman–Crippen MR) is 136 cm³/mol. The summed E-state index contributed by atoms with van der Waals surface area (Å²) in [4.78, 5) is 12.8. The number of benzene rings is 3. The molecule has 1 amide bonds. The van der Waals surface area contributed by atoms with Crippen LogP contribution in [0.15, 0.2) is 84.3 Å². The highest BCUT2D eigenvalue weighted by molar-refractivity contribution is 7.92. The Morgan fingerprint density at radius 3 is 2.26 bits per heavy atom. The van der Waals surface area contributed by atoms with Crippen molar-refractivity contribution in [2.24, 2.45) is 0 Å². The molecule has 0 bridgehead atoms. The van der Waals surface area contributed by atoms with E-state index in [0.29, 0.717) is 28.8 Å². The third-order valence-electron chi connectivity index (χ3n) is 4.85. The molecule has 0 aliphatic carbocycles. The van der Waals surface area contributed by atoms with Crippen LogP contribution in [0.3, 0.4) is 0 Å². The molecule has 10 heteroatoms. The number of hydrogen-bond donors (Lipinski definition) is 1. The van der Waals surface area contributed by atoms with Gasteiger partial charge in [-0.15, -0.1) is 0 Å². The Balaban J connectivity index is 1.89. The zero-order valence-corrected chi connectivity index (χ0v) is 20.8. The average Bonchev–Trinajstić information content (AvgIpc) is 2.87. The Kier molecular flexibility index (Phi) is 8.62. The molecular weight excluding hydrogens is 492 g/mol. The number of halogens is 1. The lowest BCUT2D eigenvalue weighted by molar-refractivity contribution is -0.114. The largest absolute Gasteiger partial charge is 0.493 e. The molecule has 0 saturated heterocycles. The lowest BCUT2D eigenvalue weighted by atomic mass is 10.3. The zero-order valence-electron chi connectivity index (χ0n) is 19.2. The van der Waals surface area contributed by atoms with Crippen LogP contribution in [0, 0.1) is 0 Å². The van der Waals surface area contributed by atoms with Crippen LogP contribution < -0.4 is 23.8 Å². The van der Waals surface area contributed by atoms with Crippen molar-refractivity contribution in [1.29, 1.82) is 0 Å². The molecule has 0 aromatic heterocycles. The van der Waals surface area contributed by atoms with Crippen molar-refractivity contribution in [3.63, 3.8) is 0 Å². The molecule has 0 aliphatic rings. The van der Waals surface area contributed by atoms with E-state index in [4.69, 9.17) is 25.8 Å². The lowest BCUT2D eigenvalue weighted by Gasteiger charge is -2.24. The van der Waals surface area contributed by atoms with Crippen molar-refractivity contribution in [2.45, 2.75) is 4.90 Å². The Labute approximate surface area is 209 Å². The fourth-order valence-corrected chi connectivity index (χ4v) is 4.71. The normalized spacial score (nSPS) is 10.8. The first-order chi connectivity index (χ1) is 16.8. The van der Waals surface area contributed by atoms with E-state index in [1.54, 1.807) is 42.5 Å². The van der Waals surface area contributed by atoms with Crippen molar-refractivity contribution in [2.75, 3.05) is 37.0 Å². The van der Waals surface area contributed by atoms with Gasteiger partial charge >= 0.3 is 0 Å². The first-order valence-electron chi connectivity index (χ1n) is 10.4. The smallest absolute Gasteiger partial charge is 0.264 e. The number of nitrogens with one attached hydrogen (secondary N) is 1. The number of nitrogens with zero attached hydrogens (tertiary/aromatic N) is 1. The molecular formula is C25H25ClN2O6S. The Morgan fingerprint density at radius 2 is 1.66 bits per heavy atom. The minimum Gasteiger partial charge on any atom is -0.493 e. The number of amides is 1. The average molecular weight is 517 g/mol. The van der Waals surface area contributed by atoms with E-state index >= 15 is 0 Å². The second kappa shape index (κ2) is 11.6. The van der Waals surface area contributed by atoms with Gasteiger partial charge in [-0.3, -0.25) is 9.10 Å². The van der Waals surface area contributed by atoms with Gasteiger partial charge in [0.05, 0.1) is 24.8 Å². The highest BCUT2D eigenvalue weighted by atomic mass is 35.5. The van der Waals surface area contributed by atoms with E-state index < -0.39 is 22.5 Å². The summed E-state index contributed by atoms with van der Waals surface area (Å²) in [7, 11) is -1.30. The van der Waals surface area contributed by atoms with E-state index in [0.717, 1.165) is 4.31 Å². The molecule has 184 valence electrons. The molecule has 3 aromatic rings. The van der Waals surface area contributed by atoms with Gasteiger partial charge in [-0.05, 0) is 60.7 Å². The summed E-state index contributed by atoms with van der Waals surface area (Å²) in [5, 5.41) is 3.14. The molecule has 8 nitrogen and oxygen atoms in total. The van der Waals surface area contributed by atoms with Crippen LogP contribution in [0.4, 0.5) is 11.4 Å². The van der Waals surface area contributed by atoms with Crippen LogP contribution in [0.5, 0.6) is 17.2 Å². The molecule has 0 radical (unpaired) electrons. The summed E-state index contributed by atoms with van der Waals surface area (Å²) in [6.07, 6.45) is 1.62. The standard InChI is InChI=1S/C25H25ClN2O6S/c1-4-15-34-21-11-7-19(8-12-21)27-25(29)17-28(20-9-5-18(26)6-10-20)35(30,31)22-13-14-23(32-2)24(16-22)33-3/h4-14,16H,1,15,17H2,2-3H3,(H,27,29). The second-order valence-corrected chi connectivity index (χ2v) is 9.48. The first-order valence-corrected chi connectivity index (χ1v) is 12.2. The summed E-state index contributed by atoms with van der Waals surface area (Å²) in [5.41, 5.74) is 0.757. The van der Waals surface area contributed by atoms with E-state index in [1.165, 1.54) is 44.6 Å². The van der Waals surface area contributed by atoms with Crippen LogP contribution in [0.2, 0.25) is 5.02 Å². The maximum absolute atomic E-state index is 13.6. The summed E-state index contributed by atoms with van der Waals surface area (Å²) in [6.45, 7) is 3.47. The summed E-state index contributed by atoms with van der Waals surface area (Å²) >= 11 is 5.98. The van der Waals surface area contributed by atoms with Gasteiger partial charge in [-0.25, -0.2) is 8.42 Å². The number of methoxy groups -OCH3 is 2. The molecule has 0 atom stereocenters. The van der Waals surface area contributed by atoms with Crippen molar-refractivity contribution in [3.05, 3.63) is 84.4 Å². The Hall–Kier alpha value is -3.69. The highest BCUT2D eigenvalue weighted by Gasteiger charge is 2.28. The van der Waals surface area contributed by atoms with E-state index in [2.05, 4.69) is 11.9 Å². The second-order valence-electron chi connectivity index (χ2n) is 7.18. The van der Waals surface area contributed by atoms with Gasteiger partial charge in [0.25, 0.3) is 10.0 Å². The van der Waals surface area contributed by atoms with Crippen LogP contribution in [0.25, 0.3) is 0 Å². The molecule has 35 heavy (non-hydrogen) atoms. The van der Waals surface area contributed by atoms with Crippen LogP contribution in [0.1, 0.15) is 0 Å². The van der Waals surface area contributed by atoms with Crippen molar-refractivity contribution in [3.8, 4) is 17.2 Å². The van der Waals surface area contributed by atoms with Crippen molar-refractivity contribution >= 4 is 38.9 Å². The molecule has 3 rings (SSSR count).